The Labute approximate surface area is 163 Å². The number of aldehydes is 1. The molecule has 1 aromatic carbocycles. The number of rotatable bonds is 6. The molecule has 2 heterocycles. The topological polar surface area (TPSA) is 45.7 Å². The van der Waals surface area contributed by atoms with E-state index in [4.69, 9.17) is 27.9 Å². The predicted octanol–water partition coefficient (Wildman–Crippen LogP) is 3.56. The summed E-state index contributed by atoms with van der Waals surface area (Å²) in [6, 6.07) is 7.43. The van der Waals surface area contributed by atoms with Crippen LogP contribution in [-0.4, -0.2) is 48.6 Å². The summed E-state index contributed by atoms with van der Waals surface area (Å²) in [5.41, 5.74) is 3.06. The summed E-state index contributed by atoms with van der Waals surface area (Å²) in [5.74, 6) is 0. The van der Waals surface area contributed by atoms with E-state index in [1.165, 1.54) is 0 Å². The van der Waals surface area contributed by atoms with Gasteiger partial charge in [-0.05, 0) is 42.3 Å². The fraction of sp³-hybridized carbons (Fsp3) is 0.368. The largest absolute Gasteiger partial charge is 0.368 e. The average molecular weight is 394 g/mol. The summed E-state index contributed by atoms with van der Waals surface area (Å²) in [7, 11) is 0. The molecule has 2 aromatic rings. The number of hydrogen-bond acceptors (Lipinski definition) is 5. The molecule has 0 radical (unpaired) electrons. The highest BCUT2D eigenvalue weighted by atomic mass is 35.5. The second-order valence-electron chi connectivity index (χ2n) is 6.26. The van der Waals surface area contributed by atoms with Gasteiger partial charge in [-0.25, -0.2) is 0 Å². The van der Waals surface area contributed by atoms with Crippen LogP contribution < -0.4 is 4.90 Å². The lowest BCUT2D eigenvalue weighted by molar-refractivity contribution is -0.133. The number of pyridine rings is 1. The predicted molar refractivity (Wildman–Crippen MR) is 104 cm³/mol. The number of aromatic nitrogens is 1. The molecule has 0 aliphatic carbocycles. The van der Waals surface area contributed by atoms with E-state index < -0.39 is 6.23 Å². The van der Waals surface area contributed by atoms with Crippen LogP contribution in [0.2, 0.25) is 10.0 Å². The van der Waals surface area contributed by atoms with E-state index in [-0.39, 0.29) is 0 Å². The Bertz CT molecular complexity index is 764. The molecule has 5 nitrogen and oxygen atoms in total. The van der Waals surface area contributed by atoms with Crippen LogP contribution >= 0.6 is 23.2 Å². The first-order valence-electron chi connectivity index (χ1n) is 8.49. The summed E-state index contributed by atoms with van der Waals surface area (Å²) in [6.07, 6.45) is 3.84. The molecule has 26 heavy (non-hydrogen) atoms. The van der Waals surface area contributed by atoms with Crippen LogP contribution in [0.1, 0.15) is 11.1 Å². The smallest absolute Gasteiger partial charge is 0.167 e. The van der Waals surface area contributed by atoms with Crippen molar-refractivity contribution in [3.63, 3.8) is 0 Å². The van der Waals surface area contributed by atoms with Gasteiger partial charge in [0.2, 0.25) is 0 Å². The highest BCUT2D eigenvalue weighted by molar-refractivity contribution is 6.36. The number of nitrogens with zero attached hydrogens (tertiary/aromatic N) is 3. The lowest BCUT2D eigenvalue weighted by Gasteiger charge is -2.38. The molecular weight excluding hydrogens is 373 g/mol. The van der Waals surface area contributed by atoms with Crippen molar-refractivity contribution in [3.05, 3.63) is 57.8 Å². The van der Waals surface area contributed by atoms with Crippen molar-refractivity contribution in [1.29, 1.82) is 0 Å². The number of hydrogen-bond donors (Lipinski definition) is 0. The molecule has 1 aliphatic rings. The van der Waals surface area contributed by atoms with Gasteiger partial charge in [0.05, 0.1) is 17.3 Å². The van der Waals surface area contributed by atoms with Gasteiger partial charge in [-0.1, -0.05) is 23.2 Å². The highest BCUT2D eigenvalue weighted by Crippen LogP contribution is 2.29. The zero-order valence-corrected chi connectivity index (χ0v) is 16.1. The van der Waals surface area contributed by atoms with Gasteiger partial charge in [0, 0.05) is 43.6 Å². The van der Waals surface area contributed by atoms with E-state index in [0.717, 1.165) is 49.3 Å². The fourth-order valence-electron chi connectivity index (χ4n) is 3.03. The Morgan fingerprint density at radius 1 is 1.23 bits per heavy atom. The van der Waals surface area contributed by atoms with Gasteiger partial charge >= 0.3 is 0 Å². The number of carbonyl (C=O) groups is 1. The normalized spacial score (nSPS) is 16.5. The highest BCUT2D eigenvalue weighted by Gasteiger charge is 2.25. The molecule has 138 valence electrons. The van der Waals surface area contributed by atoms with Crippen molar-refractivity contribution in [2.75, 3.05) is 31.1 Å². The fourth-order valence-corrected chi connectivity index (χ4v) is 3.55. The third kappa shape index (κ3) is 4.54. The minimum Gasteiger partial charge on any atom is -0.368 e. The van der Waals surface area contributed by atoms with Gasteiger partial charge in [0.25, 0.3) is 0 Å². The summed E-state index contributed by atoms with van der Waals surface area (Å²) in [5, 5.41) is 1.26. The molecular formula is C19H21Cl2N3O2. The van der Waals surface area contributed by atoms with Crippen LogP contribution in [0, 0.1) is 6.92 Å². The minimum atomic E-state index is -0.551. The molecule has 1 atom stereocenters. The average Bonchev–Trinajstić information content (AvgIpc) is 2.64. The monoisotopic (exact) mass is 393 g/mol. The third-order valence-electron chi connectivity index (χ3n) is 4.59. The summed E-state index contributed by atoms with van der Waals surface area (Å²) in [6.45, 7) is 5.35. The molecule has 1 unspecified atom stereocenters. The maximum atomic E-state index is 11.5. The standard InChI is InChI=1S/C19H21Cl2N3O2/c1-14-11-22-5-4-15(14)13-26-19(12-25)24-8-6-23(7-9-24)18-3-2-16(20)10-17(18)21/h2-5,10-12,19H,6-9,13H2,1H3. The van der Waals surface area contributed by atoms with E-state index >= 15 is 0 Å². The van der Waals surface area contributed by atoms with Gasteiger partial charge < -0.3 is 9.64 Å². The Morgan fingerprint density at radius 2 is 2.00 bits per heavy atom. The second-order valence-corrected chi connectivity index (χ2v) is 7.10. The van der Waals surface area contributed by atoms with Crippen LogP contribution in [-0.2, 0) is 16.1 Å². The quantitative estimate of drug-likeness (QED) is 0.702. The maximum Gasteiger partial charge on any atom is 0.167 e. The van der Waals surface area contributed by atoms with Crippen molar-refractivity contribution < 1.29 is 9.53 Å². The van der Waals surface area contributed by atoms with Crippen molar-refractivity contribution in [3.8, 4) is 0 Å². The summed E-state index contributed by atoms with van der Waals surface area (Å²) >= 11 is 12.3. The van der Waals surface area contributed by atoms with Crippen LogP contribution in [0.25, 0.3) is 0 Å². The number of aryl methyl sites for hydroxylation is 1. The summed E-state index contributed by atoms with van der Waals surface area (Å²) < 4.78 is 5.85. The lowest BCUT2D eigenvalue weighted by atomic mass is 10.2. The molecule has 3 rings (SSSR count). The van der Waals surface area contributed by atoms with Crippen molar-refractivity contribution in [2.45, 2.75) is 19.8 Å². The van der Waals surface area contributed by atoms with Gasteiger partial charge in [-0.2, -0.15) is 0 Å². The van der Waals surface area contributed by atoms with Gasteiger partial charge in [-0.15, -0.1) is 0 Å². The maximum absolute atomic E-state index is 11.5. The van der Waals surface area contributed by atoms with E-state index in [0.29, 0.717) is 16.7 Å². The van der Waals surface area contributed by atoms with Gasteiger partial charge in [0.15, 0.2) is 12.5 Å². The molecule has 0 N–H and O–H groups in total. The number of halogens is 2. The van der Waals surface area contributed by atoms with Gasteiger partial charge in [0.1, 0.15) is 0 Å². The molecule has 1 aromatic heterocycles. The van der Waals surface area contributed by atoms with Crippen molar-refractivity contribution in [2.24, 2.45) is 0 Å². The van der Waals surface area contributed by atoms with Crippen LogP contribution in [0.15, 0.2) is 36.7 Å². The van der Waals surface area contributed by atoms with Crippen molar-refractivity contribution >= 4 is 35.2 Å². The van der Waals surface area contributed by atoms with Crippen LogP contribution in [0.5, 0.6) is 0 Å². The SMILES string of the molecule is Cc1cnccc1COC(C=O)N1CCN(c2ccc(Cl)cc2Cl)CC1. The third-order valence-corrected chi connectivity index (χ3v) is 5.12. The first-order valence-corrected chi connectivity index (χ1v) is 9.24. The Hall–Kier alpha value is -1.66. The molecule has 7 heteroatoms. The number of ether oxygens (including phenoxy) is 1. The first-order chi connectivity index (χ1) is 12.6. The molecule has 0 saturated carbocycles. The number of piperazine rings is 1. The molecule has 0 amide bonds. The first kappa shape index (κ1) is 19.1. The molecule has 1 aliphatic heterocycles. The number of benzene rings is 1. The number of anilines is 1. The van der Waals surface area contributed by atoms with Crippen molar-refractivity contribution in [1.82, 2.24) is 9.88 Å². The van der Waals surface area contributed by atoms with E-state index in [1.807, 2.05) is 30.0 Å². The van der Waals surface area contributed by atoms with E-state index in [2.05, 4.69) is 9.88 Å². The Balaban J connectivity index is 1.57. The Morgan fingerprint density at radius 3 is 2.65 bits per heavy atom. The molecule has 0 bridgehead atoms. The molecule has 1 saturated heterocycles. The van der Waals surface area contributed by atoms with Crippen LogP contribution in [0.4, 0.5) is 5.69 Å². The minimum absolute atomic E-state index is 0.390. The summed E-state index contributed by atoms with van der Waals surface area (Å²) in [4.78, 5) is 19.8. The lowest BCUT2D eigenvalue weighted by Crippen LogP contribution is -2.51. The zero-order chi connectivity index (χ0) is 18.5. The zero-order valence-electron chi connectivity index (χ0n) is 14.6. The molecule has 1 fully saturated rings. The van der Waals surface area contributed by atoms with E-state index in [1.54, 1.807) is 18.5 Å². The molecule has 0 spiro atoms. The van der Waals surface area contributed by atoms with Gasteiger partial charge in [-0.3, -0.25) is 14.7 Å². The van der Waals surface area contributed by atoms with Crippen LogP contribution in [0.3, 0.4) is 0 Å². The van der Waals surface area contributed by atoms with E-state index in [9.17, 15) is 4.79 Å². The number of carbonyl (C=O) groups excluding carboxylic acids is 1. The second kappa shape index (κ2) is 8.82. The Kier molecular flexibility index (Phi) is 6.48.